The standard InChI is InChI=1S/C17H13F6NO2/c1-15(16(18,19)20,17(21,22)23)14(25)24-12-9-5-6-10-13(12)26-11-7-3-2-4-8-11/h2-10H,1H3,(H,24,25). The lowest BCUT2D eigenvalue weighted by Gasteiger charge is -2.32. The fourth-order valence-corrected chi connectivity index (χ4v) is 1.94. The maximum Gasteiger partial charge on any atom is 0.411 e. The molecule has 1 N–H and O–H groups in total. The molecule has 2 aromatic carbocycles. The summed E-state index contributed by atoms with van der Waals surface area (Å²) >= 11 is 0. The van der Waals surface area contributed by atoms with Crippen LogP contribution in [0.25, 0.3) is 0 Å². The Bertz CT molecular complexity index is 757. The molecular weight excluding hydrogens is 364 g/mol. The number of nitrogens with one attached hydrogen (secondary N) is 1. The average molecular weight is 377 g/mol. The summed E-state index contributed by atoms with van der Waals surface area (Å²) in [7, 11) is 0. The fraction of sp³-hybridized carbons (Fsp3) is 0.235. The molecule has 0 saturated heterocycles. The third kappa shape index (κ3) is 3.76. The van der Waals surface area contributed by atoms with E-state index in [-0.39, 0.29) is 18.4 Å². The number of alkyl halides is 6. The van der Waals surface area contributed by atoms with E-state index in [1.54, 1.807) is 23.5 Å². The highest BCUT2D eigenvalue weighted by molar-refractivity contribution is 5.97. The smallest absolute Gasteiger partial charge is 0.411 e. The molecule has 0 aliphatic carbocycles. The number of ether oxygens (including phenoxy) is 1. The van der Waals surface area contributed by atoms with E-state index in [1.807, 2.05) is 0 Å². The Morgan fingerprint density at radius 1 is 0.846 bits per heavy atom. The highest BCUT2D eigenvalue weighted by Crippen LogP contribution is 2.50. The first-order valence-corrected chi connectivity index (χ1v) is 7.23. The van der Waals surface area contributed by atoms with E-state index in [0.29, 0.717) is 5.75 Å². The number of amides is 1. The van der Waals surface area contributed by atoms with Gasteiger partial charge in [0.05, 0.1) is 5.69 Å². The Balaban J connectivity index is 2.35. The molecule has 0 atom stereocenters. The van der Waals surface area contributed by atoms with Crippen LogP contribution in [-0.4, -0.2) is 18.3 Å². The second-order valence-electron chi connectivity index (χ2n) is 5.49. The van der Waals surface area contributed by atoms with Crippen molar-refractivity contribution in [3.63, 3.8) is 0 Å². The van der Waals surface area contributed by atoms with Crippen LogP contribution in [0.15, 0.2) is 54.6 Å². The van der Waals surface area contributed by atoms with Crippen LogP contribution in [0.2, 0.25) is 0 Å². The number of para-hydroxylation sites is 3. The number of halogens is 6. The molecule has 0 fully saturated rings. The van der Waals surface area contributed by atoms with Crippen LogP contribution in [0.4, 0.5) is 32.0 Å². The van der Waals surface area contributed by atoms with Crippen LogP contribution in [0, 0.1) is 5.41 Å². The van der Waals surface area contributed by atoms with Crippen molar-refractivity contribution in [3.05, 3.63) is 54.6 Å². The number of hydrogen-bond donors (Lipinski definition) is 1. The highest BCUT2D eigenvalue weighted by atomic mass is 19.4. The van der Waals surface area contributed by atoms with Crippen molar-refractivity contribution < 1.29 is 35.9 Å². The Hall–Kier alpha value is -2.71. The maximum atomic E-state index is 13.0. The molecule has 0 heterocycles. The van der Waals surface area contributed by atoms with Crippen LogP contribution in [0.1, 0.15) is 6.92 Å². The molecule has 0 aliphatic rings. The average Bonchev–Trinajstić information content (AvgIpc) is 2.54. The van der Waals surface area contributed by atoms with E-state index in [4.69, 9.17) is 4.74 Å². The van der Waals surface area contributed by atoms with Crippen LogP contribution in [0.3, 0.4) is 0 Å². The SMILES string of the molecule is CC(C(=O)Nc1ccccc1Oc1ccccc1)(C(F)(F)F)C(F)(F)F. The van der Waals surface area contributed by atoms with E-state index in [2.05, 4.69) is 0 Å². The molecule has 3 nitrogen and oxygen atoms in total. The fourth-order valence-electron chi connectivity index (χ4n) is 1.94. The maximum absolute atomic E-state index is 13.0. The van der Waals surface area contributed by atoms with E-state index < -0.39 is 23.7 Å². The van der Waals surface area contributed by atoms with Crippen molar-refractivity contribution in [1.82, 2.24) is 0 Å². The zero-order valence-electron chi connectivity index (χ0n) is 13.3. The zero-order valence-corrected chi connectivity index (χ0v) is 13.3. The lowest BCUT2D eigenvalue weighted by Crippen LogP contribution is -2.55. The Morgan fingerprint density at radius 2 is 1.35 bits per heavy atom. The summed E-state index contributed by atoms with van der Waals surface area (Å²) in [4.78, 5) is 11.9. The van der Waals surface area contributed by atoms with Crippen molar-refractivity contribution in [2.45, 2.75) is 19.3 Å². The van der Waals surface area contributed by atoms with Crippen molar-refractivity contribution in [3.8, 4) is 11.5 Å². The molecule has 9 heteroatoms. The van der Waals surface area contributed by atoms with E-state index in [9.17, 15) is 31.1 Å². The minimum absolute atomic E-state index is 0.0984. The molecule has 1 amide bonds. The van der Waals surface area contributed by atoms with Gasteiger partial charge in [-0.05, 0) is 31.2 Å². The minimum Gasteiger partial charge on any atom is -0.455 e. The molecule has 2 rings (SSSR count). The van der Waals surface area contributed by atoms with Crippen molar-refractivity contribution in [2.75, 3.05) is 5.32 Å². The van der Waals surface area contributed by atoms with Gasteiger partial charge in [0.2, 0.25) is 11.3 Å². The molecule has 26 heavy (non-hydrogen) atoms. The van der Waals surface area contributed by atoms with Crippen molar-refractivity contribution >= 4 is 11.6 Å². The van der Waals surface area contributed by atoms with Crippen molar-refractivity contribution in [1.29, 1.82) is 0 Å². The minimum atomic E-state index is -5.83. The van der Waals surface area contributed by atoms with Gasteiger partial charge in [0, 0.05) is 0 Å². The number of hydrogen-bond acceptors (Lipinski definition) is 2. The summed E-state index contributed by atoms with van der Waals surface area (Å²) < 4.78 is 83.3. The van der Waals surface area contributed by atoms with Gasteiger partial charge < -0.3 is 10.1 Å². The van der Waals surface area contributed by atoms with Crippen LogP contribution in [-0.2, 0) is 4.79 Å². The predicted molar refractivity (Wildman–Crippen MR) is 81.8 cm³/mol. The van der Waals surface area contributed by atoms with Gasteiger partial charge in [0.15, 0.2) is 5.75 Å². The van der Waals surface area contributed by atoms with E-state index in [0.717, 1.165) is 6.07 Å². The largest absolute Gasteiger partial charge is 0.455 e. The first-order chi connectivity index (χ1) is 12.0. The molecule has 0 aromatic heterocycles. The van der Waals surface area contributed by atoms with Gasteiger partial charge in [-0.1, -0.05) is 30.3 Å². The molecule has 0 radical (unpaired) electrons. The molecule has 2 aromatic rings. The predicted octanol–water partition coefficient (Wildman–Crippen LogP) is 5.55. The summed E-state index contributed by atoms with van der Waals surface area (Å²) in [6.45, 7) is -0.205. The topological polar surface area (TPSA) is 38.3 Å². The molecule has 0 saturated carbocycles. The number of benzene rings is 2. The second-order valence-corrected chi connectivity index (χ2v) is 5.49. The lowest BCUT2D eigenvalue weighted by molar-refractivity contribution is -0.317. The first-order valence-electron chi connectivity index (χ1n) is 7.23. The van der Waals surface area contributed by atoms with E-state index in [1.165, 1.54) is 30.3 Å². The Labute approximate surface area is 144 Å². The quantitative estimate of drug-likeness (QED) is 0.710. The molecule has 0 unspecified atom stereocenters. The van der Waals surface area contributed by atoms with Gasteiger partial charge in [-0.25, -0.2) is 0 Å². The Kier molecular flexibility index (Phi) is 5.20. The molecule has 0 spiro atoms. The normalized spacial score (nSPS) is 12.6. The van der Waals surface area contributed by atoms with Gasteiger partial charge in [-0.15, -0.1) is 0 Å². The molecule has 0 aliphatic heterocycles. The van der Waals surface area contributed by atoms with Crippen molar-refractivity contribution in [2.24, 2.45) is 5.41 Å². The second kappa shape index (κ2) is 6.89. The van der Waals surface area contributed by atoms with E-state index >= 15 is 0 Å². The van der Waals surface area contributed by atoms with Crippen LogP contribution < -0.4 is 10.1 Å². The zero-order chi connectivity index (χ0) is 19.6. The summed E-state index contributed by atoms with van der Waals surface area (Å²) in [6, 6.07) is 13.3. The first kappa shape index (κ1) is 19.6. The Morgan fingerprint density at radius 3 is 1.88 bits per heavy atom. The number of rotatable bonds is 4. The van der Waals surface area contributed by atoms with Crippen LogP contribution in [0.5, 0.6) is 11.5 Å². The molecular formula is C17H13F6NO2. The number of carbonyl (C=O) groups is 1. The summed E-state index contributed by atoms with van der Waals surface area (Å²) in [5.41, 5.74) is -4.89. The summed E-state index contributed by atoms with van der Waals surface area (Å²) in [6.07, 6.45) is -11.7. The third-order valence-corrected chi connectivity index (χ3v) is 3.69. The van der Waals surface area contributed by atoms with Gasteiger partial charge in [0.25, 0.3) is 0 Å². The van der Waals surface area contributed by atoms with Gasteiger partial charge >= 0.3 is 12.4 Å². The monoisotopic (exact) mass is 377 g/mol. The highest BCUT2D eigenvalue weighted by Gasteiger charge is 2.72. The lowest BCUT2D eigenvalue weighted by atomic mass is 9.87. The number of anilines is 1. The number of carbonyl (C=O) groups excluding carboxylic acids is 1. The summed E-state index contributed by atoms with van der Waals surface area (Å²) in [5.74, 6) is -2.05. The van der Waals surface area contributed by atoms with Crippen LogP contribution >= 0.6 is 0 Å². The third-order valence-electron chi connectivity index (χ3n) is 3.69. The summed E-state index contributed by atoms with van der Waals surface area (Å²) in [5, 5.41) is 1.68. The van der Waals surface area contributed by atoms with Gasteiger partial charge in [-0.3, -0.25) is 4.79 Å². The van der Waals surface area contributed by atoms with Gasteiger partial charge in [-0.2, -0.15) is 26.3 Å². The molecule has 0 bridgehead atoms. The van der Waals surface area contributed by atoms with Gasteiger partial charge in [0.1, 0.15) is 5.75 Å². The molecule has 140 valence electrons.